The van der Waals surface area contributed by atoms with Crippen molar-refractivity contribution in [1.82, 2.24) is 9.14 Å². The Labute approximate surface area is 232 Å². The molecule has 0 fully saturated rings. The maximum Gasteiger partial charge on any atom is 0.241 e. The van der Waals surface area contributed by atoms with E-state index in [2.05, 4.69) is 36.8 Å². The molecule has 0 spiro atoms. The highest BCUT2D eigenvalue weighted by atomic mass is 35.5. The number of nitrogens with zero attached hydrogens (tertiary/aromatic N) is 1. The molecule has 38 heavy (non-hydrogen) atoms. The fourth-order valence-electron chi connectivity index (χ4n) is 4.88. The summed E-state index contributed by atoms with van der Waals surface area (Å²) >= 11 is 7.05. The monoisotopic (exact) mass is 546 g/mol. The molecule has 0 aliphatic heterocycles. The van der Waals surface area contributed by atoms with Crippen LogP contribution in [0.25, 0.3) is 0 Å². The van der Waals surface area contributed by atoms with Crippen molar-refractivity contribution in [3.8, 4) is 0 Å². The molecule has 0 aliphatic carbocycles. The second kappa shape index (κ2) is 12.7. The number of aryl methyl sites for hydroxylation is 4. The van der Waals surface area contributed by atoms with Crippen molar-refractivity contribution in [2.75, 3.05) is 6.54 Å². The predicted octanol–water partition coefficient (Wildman–Crippen LogP) is 7.46. The normalized spacial score (nSPS) is 13.4. The Balaban J connectivity index is 1.65. The van der Waals surface area contributed by atoms with E-state index in [0.717, 1.165) is 29.5 Å². The SMILES string of the molecule is Cc1ccc(S(=O)(=O)NC(c2ccccc2)C(c2ccccc2)N(Cl)CCCc2cc(C)cc(C)c2)cc1. The second-order valence-corrected chi connectivity index (χ2v) is 12.0. The molecule has 0 amide bonds. The molecule has 198 valence electrons. The molecule has 0 saturated carbocycles. The minimum Gasteiger partial charge on any atom is -0.211 e. The van der Waals surface area contributed by atoms with E-state index < -0.39 is 22.1 Å². The van der Waals surface area contributed by atoms with Crippen molar-refractivity contribution >= 4 is 21.8 Å². The smallest absolute Gasteiger partial charge is 0.211 e. The summed E-state index contributed by atoms with van der Waals surface area (Å²) in [5.74, 6) is 0. The summed E-state index contributed by atoms with van der Waals surface area (Å²) in [5, 5.41) is 0. The number of hydrogen-bond acceptors (Lipinski definition) is 3. The summed E-state index contributed by atoms with van der Waals surface area (Å²) in [6, 6.07) is 32.0. The zero-order chi connectivity index (χ0) is 27.1. The zero-order valence-electron chi connectivity index (χ0n) is 22.1. The van der Waals surface area contributed by atoms with Crippen LogP contribution in [0.4, 0.5) is 0 Å². The number of benzene rings is 4. The summed E-state index contributed by atoms with van der Waals surface area (Å²) in [6.07, 6.45) is 1.72. The Morgan fingerprint density at radius 3 is 1.87 bits per heavy atom. The summed E-state index contributed by atoms with van der Waals surface area (Å²) in [5.41, 5.74) is 6.57. The first-order valence-electron chi connectivity index (χ1n) is 12.9. The van der Waals surface area contributed by atoms with Gasteiger partial charge in [-0.3, -0.25) is 0 Å². The fourth-order valence-corrected chi connectivity index (χ4v) is 6.46. The van der Waals surface area contributed by atoms with E-state index >= 15 is 0 Å². The van der Waals surface area contributed by atoms with Crippen LogP contribution in [0.2, 0.25) is 0 Å². The predicted molar refractivity (Wildman–Crippen MR) is 157 cm³/mol. The van der Waals surface area contributed by atoms with Crippen LogP contribution < -0.4 is 4.72 Å². The molecular formula is C32H35ClN2O2S. The molecule has 0 aromatic heterocycles. The van der Waals surface area contributed by atoms with Gasteiger partial charge >= 0.3 is 0 Å². The first-order valence-corrected chi connectivity index (χ1v) is 14.7. The van der Waals surface area contributed by atoms with Gasteiger partial charge in [0.2, 0.25) is 10.0 Å². The van der Waals surface area contributed by atoms with Crippen LogP contribution in [0.3, 0.4) is 0 Å². The Bertz CT molecular complexity index is 1410. The van der Waals surface area contributed by atoms with Gasteiger partial charge in [-0.25, -0.2) is 17.6 Å². The van der Waals surface area contributed by atoms with Crippen molar-refractivity contribution in [3.05, 3.63) is 137 Å². The van der Waals surface area contributed by atoms with Gasteiger partial charge in [-0.1, -0.05) is 108 Å². The Kier molecular flexibility index (Phi) is 9.40. The van der Waals surface area contributed by atoms with Crippen LogP contribution in [0, 0.1) is 20.8 Å². The Morgan fingerprint density at radius 1 is 0.737 bits per heavy atom. The Morgan fingerprint density at radius 2 is 1.29 bits per heavy atom. The lowest BCUT2D eigenvalue weighted by Gasteiger charge is -2.34. The minimum absolute atomic E-state index is 0.229. The van der Waals surface area contributed by atoms with Crippen molar-refractivity contribution in [2.24, 2.45) is 0 Å². The zero-order valence-corrected chi connectivity index (χ0v) is 23.7. The van der Waals surface area contributed by atoms with E-state index in [9.17, 15) is 8.42 Å². The molecule has 4 nitrogen and oxygen atoms in total. The van der Waals surface area contributed by atoms with Gasteiger partial charge in [-0.15, -0.1) is 0 Å². The first-order chi connectivity index (χ1) is 18.2. The molecule has 2 atom stereocenters. The third kappa shape index (κ3) is 7.33. The molecule has 0 saturated heterocycles. The minimum atomic E-state index is -3.82. The third-order valence-corrected chi connectivity index (χ3v) is 8.49. The first kappa shape index (κ1) is 28.1. The molecule has 4 aromatic carbocycles. The molecule has 0 aliphatic rings. The van der Waals surface area contributed by atoms with Gasteiger partial charge in [-0.05, 0) is 74.2 Å². The topological polar surface area (TPSA) is 49.4 Å². The Hall–Kier alpha value is -2.96. The van der Waals surface area contributed by atoms with E-state index in [-0.39, 0.29) is 4.90 Å². The number of hydrogen-bond donors (Lipinski definition) is 1. The van der Waals surface area contributed by atoms with E-state index in [4.69, 9.17) is 11.8 Å². The maximum atomic E-state index is 13.6. The van der Waals surface area contributed by atoms with Crippen LogP contribution in [0.15, 0.2) is 108 Å². The van der Waals surface area contributed by atoms with E-state index in [1.165, 1.54) is 16.7 Å². The van der Waals surface area contributed by atoms with E-state index in [1.54, 1.807) is 16.6 Å². The molecule has 1 N–H and O–H groups in total. The highest BCUT2D eigenvalue weighted by Crippen LogP contribution is 2.37. The van der Waals surface area contributed by atoms with Crippen molar-refractivity contribution in [3.63, 3.8) is 0 Å². The number of halogens is 1. The van der Waals surface area contributed by atoms with Crippen LogP contribution in [-0.4, -0.2) is 19.4 Å². The average molecular weight is 547 g/mol. The molecular weight excluding hydrogens is 512 g/mol. The lowest BCUT2D eigenvalue weighted by Crippen LogP contribution is -2.38. The van der Waals surface area contributed by atoms with Gasteiger partial charge in [0.25, 0.3) is 0 Å². The number of rotatable bonds is 11. The summed E-state index contributed by atoms with van der Waals surface area (Å²) < 4.78 is 31.9. The standard InChI is InChI=1S/C32H35ClN2O2S/c1-24-16-18-30(19-17-24)38(36,37)34-31(28-12-6-4-7-13-28)32(29-14-8-5-9-15-29)35(33)20-10-11-27-22-25(2)21-26(3)23-27/h4-9,12-19,21-23,31-32,34H,10-11,20H2,1-3H3. The molecule has 4 rings (SSSR count). The van der Waals surface area contributed by atoms with Crippen LogP contribution >= 0.6 is 11.8 Å². The fraction of sp³-hybridized carbons (Fsp3) is 0.250. The van der Waals surface area contributed by atoms with Gasteiger partial charge in [0.05, 0.1) is 17.0 Å². The van der Waals surface area contributed by atoms with Crippen molar-refractivity contribution in [2.45, 2.75) is 50.6 Å². The lowest BCUT2D eigenvalue weighted by molar-refractivity contribution is 0.284. The van der Waals surface area contributed by atoms with Gasteiger partial charge in [0.1, 0.15) is 0 Å². The molecule has 0 heterocycles. The summed E-state index contributed by atoms with van der Waals surface area (Å²) in [4.78, 5) is 0.229. The van der Waals surface area contributed by atoms with Crippen LogP contribution in [-0.2, 0) is 16.4 Å². The molecule has 2 unspecified atom stereocenters. The highest BCUT2D eigenvalue weighted by Gasteiger charge is 2.33. The van der Waals surface area contributed by atoms with E-state index in [0.29, 0.717) is 6.54 Å². The van der Waals surface area contributed by atoms with Crippen LogP contribution in [0.1, 0.15) is 51.9 Å². The number of sulfonamides is 1. The quantitative estimate of drug-likeness (QED) is 0.199. The van der Waals surface area contributed by atoms with Gasteiger partial charge < -0.3 is 0 Å². The van der Waals surface area contributed by atoms with Crippen molar-refractivity contribution < 1.29 is 8.42 Å². The largest absolute Gasteiger partial charge is 0.241 e. The molecule has 0 radical (unpaired) electrons. The lowest BCUT2D eigenvalue weighted by atomic mass is 9.93. The van der Waals surface area contributed by atoms with E-state index in [1.807, 2.05) is 79.7 Å². The van der Waals surface area contributed by atoms with Gasteiger partial charge in [-0.2, -0.15) is 0 Å². The summed E-state index contributed by atoms with van der Waals surface area (Å²) in [6.45, 7) is 6.75. The average Bonchev–Trinajstić information content (AvgIpc) is 2.89. The third-order valence-electron chi connectivity index (χ3n) is 6.65. The van der Waals surface area contributed by atoms with Crippen molar-refractivity contribution in [1.29, 1.82) is 0 Å². The highest BCUT2D eigenvalue weighted by molar-refractivity contribution is 7.89. The molecule has 4 aromatic rings. The molecule has 0 bridgehead atoms. The van der Waals surface area contributed by atoms with Gasteiger partial charge in [0.15, 0.2) is 0 Å². The number of nitrogens with one attached hydrogen (secondary N) is 1. The summed E-state index contributed by atoms with van der Waals surface area (Å²) in [7, 11) is -3.82. The van der Waals surface area contributed by atoms with Crippen LogP contribution in [0.5, 0.6) is 0 Å². The maximum absolute atomic E-state index is 13.6. The molecule has 6 heteroatoms. The van der Waals surface area contributed by atoms with Gasteiger partial charge in [0, 0.05) is 6.54 Å². The second-order valence-electron chi connectivity index (χ2n) is 9.90.